The summed E-state index contributed by atoms with van der Waals surface area (Å²) >= 11 is 0. The molecule has 138 valence electrons. The van der Waals surface area contributed by atoms with Crippen molar-refractivity contribution in [2.75, 3.05) is 36.5 Å². The van der Waals surface area contributed by atoms with Gasteiger partial charge in [0, 0.05) is 24.8 Å². The number of rotatable bonds is 5. The van der Waals surface area contributed by atoms with Crippen molar-refractivity contribution in [1.29, 1.82) is 0 Å². The topological polar surface area (TPSA) is 93.6 Å². The van der Waals surface area contributed by atoms with E-state index in [9.17, 15) is 4.79 Å². The Bertz CT molecular complexity index is 726. The summed E-state index contributed by atoms with van der Waals surface area (Å²) in [7, 11) is 0. The van der Waals surface area contributed by atoms with E-state index in [1.807, 2.05) is 19.1 Å². The zero-order valence-corrected chi connectivity index (χ0v) is 15.4. The molecule has 0 aliphatic carbocycles. The van der Waals surface area contributed by atoms with Crippen molar-refractivity contribution < 1.29 is 13.9 Å². The lowest BCUT2D eigenvalue weighted by molar-refractivity contribution is -0.120. The third-order valence-electron chi connectivity index (χ3n) is 4.20. The van der Waals surface area contributed by atoms with Crippen LogP contribution in [0.5, 0.6) is 0 Å². The zero-order valence-electron chi connectivity index (χ0n) is 14.6. The molecule has 0 spiro atoms. The van der Waals surface area contributed by atoms with E-state index in [1.54, 1.807) is 13.0 Å². The molecular weight excluding hydrogens is 344 g/mol. The Kier molecular flexibility index (Phi) is 6.26. The monoisotopic (exact) mass is 368 g/mol. The minimum atomic E-state index is -0.885. The molecule has 0 saturated carbocycles. The molecule has 0 bridgehead atoms. The van der Waals surface area contributed by atoms with Crippen molar-refractivity contribution in [3.63, 3.8) is 0 Å². The van der Waals surface area contributed by atoms with Gasteiger partial charge in [-0.15, -0.1) is 12.4 Å². The third kappa shape index (κ3) is 4.42. The average Bonchev–Trinajstić information content (AvgIpc) is 2.99. The predicted octanol–water partition coefficient (Wildman–Crippen LogP) is 2.54. The Morgan fingerprint density at radius 2 is 2.12 bits per heavy atom. The molecule has 25 heavy (non-hydrogen) atoms. The van der Waals surface area contributed by atoms with Gasteiger partial charge in [-0.3, -0.25) is 4.79 Å². The van der Waals surface area contributed by atoms with Gasteiger partial charge in [-0.25, -0.2) is 0 Å². The number of hydrogen-bond donors (Lipinski definition) is 2. The third-order valence-corrected chi connectivity index (χ3v) is 4.20. The fourth-order valence-corrected chi connectivity index (χ4v) is 2.79. The van der Waals surface area contributed by atoms with Crippen molar-refractivity contribution in [2.24, 2.45) is 5.73 Å². The van der Waals surface area contributed by atoms with Gasteiger partial charge in [0.05, 0.1) is 18.8 Å². The SMILES string of the molecule is CCCC(C)(N)C(=O)Nc1ccc2nc(N3CCOCC3)oc2c1.Cl. The number of oxazole rings is 1. The van der Waals surface area contributed by atoms with Crippen molar-refractivity contribution in [3.05, 3.63) is 18.2 Å². The molecule has 1 aliphatic rings. The number of anilines is 2. The van der Waals surface area contributed by atoms with Crippen LogP contribution >= 0.6 is 12.4 Å². The number of carbonyl (C=O) groups is 1. The number of fused-ring (bicyclic) bond motifs is 1. The van der Waals surface area contributed by atoms with Crippen LogP contribution in [0, 0.1) is 0 Å². The highest BCUT2D eigenvalue weighted by atomic mass is 35.5. The van der Waals surface area contributed by atoms with E-state index < -0.39 is 5.54 Å². The first-order valence-corrected chi connectivity index (χ1v) is 8.33. The van der Waals surface area contributed by atoms with Crippen molar-refractivity contribution in [1.82, 2.24) is 4.98 Å². The average molecular weight is 369 g/mol. The number of halogens is 1. The van der Waals surface area contributed by atoms with Gasteiger partial charge >= 0.3 is 0 Å². The second-order valence-corrected chi connectivity index (χ2v) is 6.40. The van der Waals surface area contributed by atoms with Gasteiger partial charge in [0.15, 0.2) is 5.58 Å². The Balaban J connectivity index is 0.00000225. The Morgan fingerprint density at radius 1 is 1.40 bits per heavy atom. The van der Waals surface area contributed by atoms with Crippen LogP contribution in [0.3, 0.4) is 0 Å². The maximum absolute atomic E-state index is 12.3. The lowest BCUT2D eigenvalue weighted by Crippen LogP contribution is -2.48. The number of nitrogens with one attached hydrogen (secondary N) is 1. The molecule has 1 atom stereocenters. The van der Waals surface area contributed by atoms with Crippen LogP contribution in [-0.4, -0.2) is 42.7 Å². The Hall–Kier alpha value is -1.83. The van der Waals surface area contributed by atoms with Gasteiger partial charge < -0.3 is 25.1 Å². The van der Waals surface area contributed by atoms with Crippen LogP contribution in [0.15, 0.2) is 22.6 Å². The highest BCUT2D eigenvalue weighted by molar-refractivity contribution is 5.98. The van der Waals surface area contributed by atoms with E-state index in [-0.39, 0.29) is 18.3 Å². The maximum Gasteiger partial charge on any atom is 0.298 e. The summed E-state index contributed by atoms with van der Waals surface area (Å²) in [5.41, 5.74) is 7.24. The molecule has 7 nitrogen and oxygen atoms in total. The van der Waals surface area contributed by atoms with E-state index in [1.165, 1.54) is 0 Å². The van der Waals surface area contributed by atoms with Crippen molar-refractivity contribution >= 4 is 41.1 Å². The second kappa shape index (κ2) is 8.03. The van der Waals surface area contributed by atoms with Gasteiger partial charge in [0.25, 0.3) is 6.01 Å². The molecule has 1 fully saturated rings. The molecule has 2 heterocycles. The molecular formula is C17H25ClN4O3. The molecule has 1 unspecified atom stereocenters. The number of hydrogen-bond acceptors (Lipinski definition) is 6. The molecule has 1 aromatic heterocycles. The van der Waals surface area contributed by atoms with Gasteiger partial charge in [0.1, 0.15) is 5.52 Å². The number of ether oxygens (including phenoxy) is 1. The largest absolute Gasteiger partial charge is 0.423 e. The Labute approximate surface area is 153 Å². The summed E-state index contributed by atoms with van der Waals surface area (Å²) in [6.07, 6.45) is 1.48. The summed E-state index contributed by atoms with van der Waals surface area (Å²) in [5.74, 6) is -0.198. The van der Waals surface area contributed by atoms with Crippen LogP contribution in [0.4, 0.5) is 11.7 Å². The minimum Gasteiger partial charge on any atom is -0.423 e. The molecule has 1 aromatic carbocycles. The summed E-state index contributed by atoms with van der Waals surface area (Å²) in [6.45, 7) is 6.62. The summed E-state index contributed by atoms with van der Waals surface area (Å²) < 4.78 is 11.2. The number of morpholine rings is 1. The summed E-state index contributed by atoms with van der Waals surface area (Å²) in [6, 6.07) is 6.03. The molecule has 1 amide bonds. The number of nitrogens with zero attached hydrogens (tertiary/aromatic N) is 2. The smallest absolute Gasteiger partial charge is 0.298 e. The van der Waals surface area contributed by atoms with Gasteiger partial charge in [-0.05, 0) is 25.5 Å². The normalized spacial score (nSPS) is 17.0. The lowest BCUT2D eigenvalue weighted by atomic mass is 9.96. The maximum atomic E-state index is 12.3. The highest BCUT2D eigenvalue weighted by Crippen LogP contribution is 2.25. The van der Waals surface area contributed by atoms with Crippen LogP contribution < -0.4 is 16.0 Å². The first-order valence-electron chi connectivity index (χ1n) is 8.33. The predicted molar refractivity (Wildman–Crippen MR) is 100 cm³/mol. The molecule has 0 radical (unpaired) electrons. The van der Waals surface area contributed by atoms with Crippen LogP contribution in [0.2, 0.25) is 0 Å². The van der Waals surface area contributed by atoms with E-state index in [0.717, 1.165) is 25.0 Å². The van der Waals surface area contributed by atoms with Crippen molar-refractivity contribution in [2.45, 2.75) is 32.2 Å². The molecule has 3 rings (SSSR count). The van der Waals surface area contributed by atoms with Crippen LogP contribution in [0.25, 0.3) is 11.1 Å². The highest BCUT2D eigenvalue weighted by Gasteiger charge is 2.27. The standard InChI is InChI=1S/C17H24N4O3.ClH/c1-3-6-17(2,18)15(22)19-12-4-5-13-14(11-12)24-16(20-13)21-7-9-23-10-8-21;/h4-5,11H,3,6-10,18H2,1-2H3,(H,19,22);1H. The number of nitrogens with two attached hydrogens (primary N) is 1. The zero-order chi connectivity index (χ0) is 17.2. The first-order chi connectivity index (χ1) is 11.5. The van der Waals surface area contributed by atoms with E-state index >= 15 is 0 Å². The molecule has 1 saturated heterocycles. The number of benzene rings is 1. The van der Waals surface area contributed by atoms with Gasteiger partial charge in [-0.1, -0.05) is 13.3 Å². The number of amides is 1. The van der Waals surface area contributed by atoms with Crippen LogP contribution in [0.1, 0.15) is 26.7 Å². The summed E-state index contributed by atoms with van der Waals surface area (Å²) in [5, 5.41) is 2.86. The van der Waals surface area contributed by atoms with E-state index in [0.29, 0.717) is 36.9 Å². The second-order valence-electron chi connectivity index (χ2n) is 6.40. The molecule has 3 N–H and O–H groups in total. The minimum absolute atomic E-state index is 0. The van der Waals surface area contributed by atoms with E-state index in [4.69, 9.17) is 14.9 Å². The first kappa shape index (κ1) is 19.5. The summed E-state index contributed by atoms with van der Waals surface area (Å²) in [4.78, 5) is 18.9. The number of carbonyl (C=O) groups excluding carboxylic acids is 1. The van der Waals surface area contributed by atoms with E-state index in [2.05, 4.69) is 15.2 Å². The molecule has 1 aliphatic heterocycles. The fraction of sp³-hybridized carbons (Fsp3) is 0.529. The number of aromatic nitrogens is 1. The van der Waals surface area contributed by atoms with Gasteiger partial charge in [-0.2, -0.15) is 4.98 Å². The van der Waals surface area contributed by atoms with Gasteiger partial charge in [0.2, 0.25) is 5.91 Å². The Morgan fingerprint density at radius 3 is 2.80 bits per heavy atom. The van der Waals surface area contributed by atoms with Crippen molar-refractivity contribution in [3.8, 4) is 0 Å². The quantitative estimate of drug-likeness (QED) is 0.842. The fourth-order valence-electron chi connectivity index (χ4n) is 2.79. The lowest BCUT2D eigenvalue weighted by Gasteiger charge is -2.24. The molecule has 2 aromatic rings. The van der Waals surface area contributed by atoms with Crippen LogP contribution in [-0.2, 0) is 9.53 Å². The molecule has 8 heteroatoms.